The highest BCUT2D eigenvalue weighted by Crippen LogP contribution is 2.40. The maximum Gasteiger partial charge on any atom is 0.149 e. The number of oxime groups is 1. The van der Waals surface area contributed by atoms with Crippen LogP contribution in [-0.2, 0) is 4.84 Å². The predicted molar refractivity (Wildman–Crippen MR) is 74.9 cm³/mol. The van der Waals surface area contributed by atoms with Crippen LogP contribution in [0.4, 0.5) is 0 Å². The van der Waals surface area contributed by atoms with Gasteiger partial charge < -0.3 is 9.94 Å². The summed E-state index contributed by atoms with van der Waals surface area (Å²) < 4.78 is 0. The van der Waals surface area contributed by atoms with Gasteiger partial charge in [-0.25, -0.2) is 0 Å². The van der Waals surface area contributed by atoms with E-state index in [9.17, 15) is 5.11 Å². The van der Waals surface area contributed by atoms with Crippen molar-refractivity contribution in [2.45, 2.75) is 32.0 Å². The van der Waals surface area contributed by atoms with E-state index in [4.69, 9.17) is 4.84 Å². The summed E-state index contributed by atoms with van der Waals surface area (Å²) in [6.07, 6.45) is 5.11. The number of rotatable bonds is 2. The molecule has 0 spiro atoms. The third-order valence-corrected chi connectivity index (χ3v) is 3.98. The fourth-order valence-corrected chi connectivity index (χ4v) is 3.16. The zero-order chi connectivity index (χ0) is 13.5. The molecule has 0 saturated heterocycles. The summed E-state index contributed by atoms with van der Waals surface area (Å²) in [4.78, 5) is 5.58. The molecule has 1 aliphatic carbocycles. The van der Waals surface area contributed by atoms with Gasteiger partial charge in [0.25, 0.3) is 0 Å². The minimum atomic E-state index is -0.812. The number of benzene rings is 1. The van der Waals surface area contributed by atoms with Crippen molar-refractivity contribution < 1.29 is 9.94 Å². The highest BCUT2D eigenvalue weighted by molar-refractivity contribution is 6.03. The first-order valence-corrected chi connectivity index (χ1v) is 6.75. The van der Waals surface area contributed by atoms with E-state index in [0.717, 1.165) is 17.7 Å². The number of fused-ring (bicyclic) bond motifs is 1. The molecule has 3 heteroatoms. The molecule has 1 heterocycles. The second kappa shape index (κ2) is 4.49. The number of aliphatic hydroxyl groups is 1. The molecule has 3 nitrogen and oxygen atoms in total. The summed E-state index contributed by atoms with van der Waals surface area (Å²) in [6, 6.07) is 9.98. The molecule has 1 aromatic rings. The first-order chi connectivity index (χ1) is 9.07. The molecule has 0 unspecified atom stereocenters. The lowest BCUT2D eigenvalue weighted by Gasteiger charge is -2.39. The van der Waals surface area contributed by atoms with Gasteiger partial charge in [-0.05, 0) is 31.9 Å². The number of allylic oxidation sites excluding steroid dienone is 1. The summed E-state index contributed by atoms with van der Waals surface area (Å²) in [5.41, 5.74) is 1.07. The number of nitrogens with zero attached hydrogens (tertiary/aromatic N) is 1. The van der Waals surface area contributed by atoms with Gasteiger partial charge in [0.15, 0.2) is 0 Å². The smallest absolute Gasteiger partial charge is 0.149 e. The Morgan fingerprint density at radius 2 is 2.00 bits per heavy atom. The van der Waals surface area contributed by atoms with Crippen molar-refractivity contribution in [2.24, 2.45) is 17.0 Å². The van der Waals surface area contributed by atoms with Gasteiger partial charge in [-0.3, -0.25) is 0 Å². The molecule has 1 N–H and O–H groups in total. The Kier molecular flexibility index (Phi) is 2.94. The lowest BCUT2D eigenvalue weighted by Crippen LogP contribution is -2.47. The Labute approximate surface area is 113 Å². The van der Waals surface area contributed by atoms with E-state index < -0.39 is 5.60 Å². The van der Waals surface area contributed by atoms with Crippen molar-refractivity contribution in [1.29, 1.82) is 0 Å². The molecule has 0 aromatic heterocycles. The predicted octanol–water partition coefficient (Wildman–Crippen LogP) is 2.75. The van der Waals surface area contributed by atoms with Crippen LogP contribution in [0.5, 0.6) is 0 Å². The summed E-state index contributed by atoms with van der Waals surface area (Å²) in [7, 11) is 0. The molecule has 0 saturated carbocycles. The molecule has 1 aromatic carbocycles. The van der Waals surface area contributed by atoms with E-state index in [-0.39, 0.29) is 17.9 Å². The molecule has 2 aliphatic rings. The standard InChI is InChI=1S/C16H19NO2/c1-16(2,18)14-12-9-6-10-13(12)19-17-15(14)11-7-4-3-5-8-11/h3-8,10,12-14,18H,9H2,1-2H3/t12-,13+,14+/m1/s1. The van der Waals surface area contributed by atoms with Crippen LogP contribution in [0.15, 0.2) is 47.6 Å². The van der Waals surface area contributed by atoms with E-state index in [2.05, 4.69) is 17.3 Å². The molecular weight excluding hydrogens is 238 g/mol. The summed E-state index contributed by atoms with van der Waals surface area (Å²) >= 11 is 0. The van der Waals surface area contributed by atoms with Gasteiger partial charge in [-0.1, -0.05) is 41.6 Å². The van der Waals surface area contributed by atoms with E-state index >= 15 is 0 Å². The molecule has 0 radical (unpaired) electrons. The van der Waals surface area contributed by atoms with Gasteiger partial charge in [-0.15, -0.1) is 0 Å². The van der Waals surface area contributed by atoms with Gasteiger partial charge >= 0.3 is 0 Å². The summed E-state index contributed by atoms with van der Waals surface area (Å²) in [5, 5.41) is 14.9. The maximum atomic E-state index is 10.6. The monoisotopic (exact) mass is 257 g/mol. The van der Waals surface area contributed by atoms with E-state index in [1.165, 1.54) is 0 Å². The van der Waals surface area contributed by atoms with Crippen LogP contribution in [0.1, 0.15) is 25.8 Å². The zero-order valence-corrected chi connectivity index (χ0v) is 11.3. The van der Waals surface area contributed by atoms with Crippen LogP contribution in [0.2, 0.25) is 0 Å². The molecule has 19 heavy (non-hydrogen) atoms. The topological polar surface area (TPSA) is 41.8 Å². The summed E-state index contributed by atoms with van der Waals surface area (Å²) in [6.45, 7) is 3.72. The lowest BCUT2D eigenvalue weighted by atomic mass is 9.72. The SMILES string of the molecule is CC(C)(O)[C@@H]1C(c2ccccc2)=NO[C@H]2C=CC[C@H]21. The molecular formula is C16H19NO2. The molecule has 3 atom stereocenters. The van der Waals surface area contributed by atoms with Gasteiger partial charge in [0.05, 0.1) is 11.3 Å². The highest BCUT2D eigenvalue weighted by atomic mass is 16.6. The number of hydrogen-bond acceptors (Lipinski definition) is 3. The van der Waals surface area contributed by atoms with Crippen molar-refractivity contribution in [3.8, 4) is 0 Å². The second-order valence-corrected chi connectivity index (χ2v) is 5.87. The normalized spacial score (nSPS) is 29.6. The molecule has 3 rings (SSSR count). The Morgan fingerprint density at radius 1 is 1.26 bits per heavy atom. The Balaban J connectivity index is 2.03. The molecule has 100 valence electrons. The van der Waals surface area contributed by atoms with Crippen molar-refractivity contribution >= 4 is 5.71 Å². The first kappa shape index (κ1) is 12.4. The number of hydrogen-bond donors (Lipinski definition) is 1. The van der Waals surface area contributed by atoms with Crippen LogP contribution < -0.4 is 0 Å². The minimum Gasteiger partial charge on any atom is -0.390 e. The van der Waals surface area contributed by atoms with Gasteiger partial charge in [-0.2, -0.15) is 0 Å². The maximum absolute atomic E-state index is 10.6. The van der Waals surface area contributed by atoms with Crippen LogP contribution >= 0.6 is 0 Å². The van der Waals surface area contributed by atoms with Crippen molar-refractivity contribution in [2.75, 3.05) is 0 Å². The fourth-order valence-electron chi connectivity index (χ4n) is 3.16. The second-order valence-electron chi connectivity index (χ2n) is 5.87. The van der Waals surface area contributed by atoms with Crippen LogP contribution in [-0.4, -0.2) is 22.5 Å². The zero-order valence-electron chi connectivity index (χ0n) is 11.3. The Morgan fingerprint density at radius 3 is 2.68 bits per heavy atom. The average Bonchev–Trinajstić information content (AvgIpc) is 2.85. The van der Waals surface area contributed by atoms with Crippen LogP contribution in [0.3, 0.4) is 0 Å². The molecule has 0 fully saturated rings. The molecule has 0 amide bonds. The molecule has 1 aliphatic heterocycles. The van der Waals surface area contributed by atoms with Gasteiger partial charge in [0.1, 0.15) is 6.10 Å². The van der Waals surface area contributed by atoms with E-state index in [0.29, 0.717) is 0 Å². The minimum absolute atomic E-state index is 0.00360. The lowest BCUT2D eigenvalue weighted by molar-refractivity contribution is -0.0403. The van der Waals surface area contributed by atoms with Crippen LogP contribution in [0.25, 0.3) is 0 Å². The quantitative estimate of drug-likeness (QED) is 0.828. The Bertz CT molecular complexity index is 513. The van der Waals surface area contributed by atoms with Crippen molar-refractivity contribution in [3.05, 3.63) is 48.0 Å². The summed E-state index contributed by atoms with van der Waals surface area (Å²) in [5.74, 6) is 0.261. The van der Waals surface area contributed by atoms with Crippen LogP contribution in [0, 0.1) is 11.8 Å². The van der Waals surface area contributed by atoms with Crippen molar-refractivity contribution in [1.82, 2.24) is 0 Å². The molecule has 0 bridgehead atoms. The van der Waals surface area contributed by atoms with Gasteiger partial charge in [0.2, 0.25) is 0 Å². The fraction of sp³-hybridized carbons (Fsp3) is 0.438. The average molecular weight is 257 g/mol. The largest absolute Gasteiger partial charge is 0.390 e. The first-order valence-electron chi connectivity index (χ1n) is 6.75. The van der Waals surface area contributed by atoms with E-state index in [1.54, 1.807) is 0 Å². The van der Waals surface area contributed by atoms with E-state index in [1.807, 2.05) is 44.2 Å². The third-order valence-electron chi connectivity index (χ3n) is 3.98. The Hall–Kier alpha value is -1.61. The van der Waals surface area contributed by atoms with Gasteiger partial charge in [0, 0.05) is 11.8 Å². The highest BCUT2D eigenvalue weighted by Gasteiger charge is 2.46. The van der Waals surface area contributed by atoms with Crippen molar-refractivity contribution in [3.63, 3.8) is 0 Å². The third kappa shape index (κ3) is 2.19.